The third kappa shape index (κ3) is 7.56. The molecule has 2 heterocycles. The molecule has 0 atom stereocenters. The molecule has 0 amide bonds. The predicted octanol–water partition coefficient (Wildman–Crippen LogP) is 17.3. The molecular formula is C62H44N6. The molecule has 322 valence electrons. The summed E-state index contributed by atoms with van der Waals surface area (Å²) < 4.78 is 0. The number of para-hydroxylation sites is 6. The second-order valence-corrected chi connectivity index (χ2v) is 16.8. The summed E-state index contributed by atoms with van der Waals surface area (Å²) >= 11 is 0. The van der Waals surface area contributed by atoms with Crippen molar-refractivity contribution < 1.29 is 0 Å². The molecule has 0 aliphatic carbocycles. The van der Waals surface area contributed by atoms with E-state index in [9.17, 15) is 0 Å². The Bertz CT molecular complexity index is 3210. The second kappa shape index (κ2) is 17.6. The lowest BCUT2D eigenvalue weighted by Gasteiger charge is -2.29. The van der Waals surface area contributed by atoms with E-state index in [0.29, 0.717) is 0 Å². The van der Waals surface area contributed by atoms with Crippen molar-refractivity contribution in [2.45, 2.75) is 0 Å². The lowest BCUT2D eigenvalue weighted by Crippen LogP contribution is -2.12. The molecule has 6 heteroatoms. The van der Waals surface area contributed by atoms with Gasteiger partial charge in [-0.3, -0.25) is 9.97 Å². The fourth-order valence-corrected chi connectivity index (χ4v) is 9.51. The molecule has 0 fully saturated rings. The van der Waals surface area contributed by atoms with Crippen molar-refractivity contribution in [1.29, 1.82) is 0 Å². The van der Waals surface area contributed by atoms with Gasteiger partial charge in [-0.25, -0.2) is 0 Å². The van der Waals surface area contributed by atoms with Crippen LogP contribution in [0.15, 0.2) is 267 Å². The van der Waals surface area contributed by atoms with Crippen molar-refractivity contribution in [1.82, 2.24) is 9.97 Å². The average molecular weight is 873 g/mol. The molecule has 12 rings (SSSR count). The Morgan fingerprint density at radius 2 is 0.412 bits per heavy atom. The molecular weight excluding hydrogens is 829 g/mol. The first-order chi connectivity index (χ1) is 33.7. The zero-order chi connectivity index (χ0) is 45.2. The smallest absolute Gasteiger partial charge is 0.0736 e. The lowest BCUT2D eigenvalue weighted by molar-refractivity contribution is 1.25. The van der Waals surface area contributed by atoms with Crippen LogP contribution in [0.2, 0.25) is 0 Å². The van der Waals surface area contributed by atoms with Gasteiger partial charge in [0.1, 0.15) is 0 Å². The van der Waals surface area contributed by atoms with E-state index in [0.717, 1.165) is 101 Å². The van der Waals surface area contributed by atoms with Crippen LogP contribution in [-0.4, -0.2) is 9.97 Å². The van der Waals surface area contributed by atoms with E-state index in [1.807, 2.05) is 12.4 Å². The predicted molar refractivity (Wildman–Crippen MR) is 284 cm³/mol. The molecule has 0 saturated heterocycles. The molecule has 0 spiro atoms. The van der Waals surface area contributed by atoms with Gasteiger partial charge in [0.25, 0.3) is 0 Å². The number of pyridine rings is 2. The van der Waals surface area contributed by atoms with Crippen LogP contribution in [-0.2, 0) is 0 Å². The van der Waals surface area contributed by atoms with E-state index >= 15 is 0 Å². The van der Waals surface area contributed by atoms with Gasteiger partial charge in [0.2, 0.25) is 0 Å². The topological polar surface area (TPSA) is 38.7 Å². The van der Waals surface area contributed by atoms with Crippen molar-refractivity contribution >= 4 is 101 Å². The normalized spacial score (nSPS) is 11.2. The molecule has 0 aliphatic heterocycles. The van der Waals surface area contributed by atoms with Gasteiger partial charge in [0, 0.05) is 102 Å². The van der Waals surface area contributed by atoms with Crippen LogP contribution in [0.5, 0.6) is 0 Å². The maximum absolute atomic E-state index is 5.20. The molecule has 12 aromatic rings. The first-order valence-electron chi connectivity index (χ1n) is 22.9. The van der Waals surface area contributed by atoms with Crippen LogP contribution in [0.4, 0.5) is 68.2 Å². The highest BCUT2D eigenvalue weighted by atomic mass is 15.2. The van der Waals surface area contributed by atoms with E-state index in [4.69, 9.17) is 9.97 Å². The highest BCUT2D eigenvalue weighted by Gasteiger charge is 2.22. The quantitative estimate of drug-likeness (QED) is 0.114. The highest BCUT2D eigenvalue weighted by molar-refractivity contribution is 6.22. The number of nitrogens with zero attached hydrogens (tertiary/aromatic N) is 6. The van der Waals surface area contributed by atoms with Crippen LogP contribution < -0.4 is 19.6 Å². The maximum Gasteiger partial charge on any atom is 0.0736 e. The Balaban J connectivity index is 0.928. The Labute approximate surface area is 395 Å². The second-order valence-electron chi connectivity index (χ2n) is 16.8. The molecule has 68 heavy (non-hydrogen) atoms. The molecule has 6 nitrogen and oxygen atoms in total. The molecule has 10 aromatic carbocycles. The van der Waals surface area contributed by atoms with Gasteiger partial charge in [0.15, 0.2) is 0 Å². The fraction of sp³-hybridized carbons (Fsp3) is 0. The SMILES string of the molecule is c1ccc(N(c2ccccc2)c2ccc(N(c3ccccc3)c3cc4cnc5cc(N(c6ccccc6)c6ccc(N(c7ccccc7)c7ccccc7)cc6)cc6cnc(c3)c4c65)cc2)cc1. The molecule has 2 aromatic heterocycles. The van der Waals surface area contributed by atoms with Gasteiger partial charge in [0.05, 0.1) is 11.0 Å². The third-order valence-electron chi connectivity index (χ3n) is 12.5. The van der Waals surface area contributed by atoms with E-state index in [2.05, 4.69) is 274 Å². The molecule has 0 aliphatic rings. The third-order valence-corrected chi connectivity index (χ3v) is 12.5. The summed E-state index contributed by atoms with van der Waals surface area (Å²) in [5, 5.41) is 4.27. The van der Waals surface area contributed by atoms with Crippen molar-refractivity contribution in [2.24, 2.45) is 0 Å². The summed E-state index contributed by atoms with van der Waals surface area (Å²) in [6, 6.07) is 89.6. The minimum Gasteiger partial charge on any atom is -0.311 e. The van der Waals surface area contributed by atoms with Gasteiger partial charge in [-0.1, -0.05) is 109 Å². The van der Waals surface area contributed by atoms with Crippen molar-refractivity contribution in [3.8, 4) is 0 Å². The molecule has 0 bridgehead atoms. The van der Waals surface area contributed by atoms with Gasteiger partial charge < -0.3 is 19.6 Å². The molecule has 0 saturated carbocycles. The Hall–Kier alpha value is -9.26. The van der Waals surface area contributed by atoms with Crippen LogP contribution in [0, 0.1) is 0 Å². The summed E-state index contributed by atoms with van der Waals surface area (Å²) in [7, 11) is 0. The fourth-order valence-electron chi connectivity index (χ4n) is 9.51. The number of anilines is 12. The van der Waals surface area contributed by atoms with Gasteiger partial charge >= 0.3 is 0 Å². The van der Waals surface area contributed by atoms with Crippen LogP contribution in [0.3, 0.4) is 0 Å². The standard InChI is InChI=1S/C62H44N6/c1-7-19-47(20-8-1)65(48-21-9-2-10-22-48)53-31-35-55(36-32-53)67(51-27-15-5-16-28-51)57-39-45-43-64-60-42-58(40-46-44-63-59(41-57)61(45)62(46)60)68(52-29-17-6-18-30-52)56-37-33-54(34-38-56)66(49-23-11-3-12-24-49)50-25-13-4-14-26-50/h1-44H. The van der Waals surface area contributed by atoms with Gasteiger partial charge in [-0.2, -0.15) is 0 Å². The van der Waals surface area contributed by atoms with Crippen molar-refractivity contribution in [2.75, 3.05) is 19.6 Å². The maximum atomic E-state index is 5.20. The van der Waals surface area contributed by atoms with Gasteiger partial charge in [-0.05, 0) is 146 Å². The molecule has 0 unspecified atom stereocenters. The largest absolute Gasteiger partial charge is 0.311 e. The Morgan fingerprint density at radius 1 is 0.206 bits per heavy atom. The number of rotatable bonds is 12. The molecule has 0 radical (unpaired) electrons. The lowest BCUT2D eigenvalue weighted by atomic mass is 9.99. The molecule has 0 N–H and O–H groups in total. The Kier molecular flexibility index (Phi) is 10.4. The van der Waals surface area contributed by atoms with Gasteiger partial charge in [-0.15, -0.1) is 0 Å². The summed E-state index contributed by atoms with van der Waals surface area (Å²) in [6.07, 6.45) is 4.01. The van der Waals surface area contributed by atoms with Crippen molar-refractivity contribution in [3.05, 3.63) is 267 Å². The summed E-state index contributed by atoms with van der Waals surface area (Å²) in [5.74, 6) is 0. The van der Waals surface area contributed by atoms with E-state index < -0.39 is 0 Å². The zero-order valence-corrected chi connectivity index (χ0v) is 37.1. The monoisotopic (exact) mass is 872 g/mol. The van der Waals surface area contributed by atoms with Crippen LogP contribution in [0.25, 0.3) is 32.6 Å². The van der Waals surface area contributed by atoms with E-state index in [1.54, 1.807) is 0 Å². The van der Waals surface area contributed by atoms with Crippen molar-refractivity contribution in [3.63, 3.8) is 0 Å². The number of benzene rings is 10. The number of hydrogen-bond acceptors (Lipinski definition) is 6. The number of aromatic nitrogens is 2. The minimum atomic E-state index is 0.916. The first kappa shape index (κ1) is 40.3. The van der Waals surface area contributed by atoms with E-state index in [1.165, 1.54) is 0 Å². The summed E-state index contributed by atoms with van der Waals surface area (Å²) in [6.45, 7) is 0. The summed E-state index contributed by atoms with van der Waals surface area (Å²) in [4.78, 5) is 19.6. The zero-order valence-electron chi connectivity index (χ0n) is 37.1. The first-order valence-corrected chi connectivity index (χ1v) is 22.9. The Morgan fingerprint density at radius 3 is 0.647 bits per heavy atom. The summed E-state index contributed by atoms with van der Waals surface area (Å²) in [5.41, 5.74) is 14.5. The van der Waals surface area contributed by atoms with Crippen LogP contribution >= 0.6 is 0 Å². The highest BCUT2D eigenvalue weighted by Crippen LogP contribution is 2.45. The minimum absolute atomic E-state index is 0.916. The average Bonchev–Trinajstić information content (AvgIpc) is 3.41. The number of hydrogen-bond donors (Lipinski definition) is 0. The van der Waals surface area contributed by atoms with E-state index in [-0.39, 0.29) is 0 Å². The van der Waals surface area contributed by atoms with Crippen LogP contribution in [0.1, 0.15) is 0 Å².